The summed E-state index contributed by atoms with van der Waals surface area (Å²) < 4.78 is 11.2. The number of phenolic OH excluding ortho intramolecular Hbond substituents is 1. The van der Waals surface area contributed by atoms with E-state index in [1.54, 1.807) is 0 Å². The number of carboxylic acids is 1. The molecule has 0 spiro atoms. The van der Waals surface area contributed by atoms with E-state index in [4.69, 9.17) is 20.3 Å². The third-order valence-corrected chi connectivity index (χ3v) is 3.18. The lowest BCUT2D eigenvalue weighted by Gasteiger charge is -2.17. The lowest BCUT2D eigenvalue weighted by atomic mass is 10.0. The van der Waals surface area contributed by atoms with E-state index in [1.807, 2.05) is 0 Å². The number of hydrogen-bond acceptors (Lipinski definition) is 5. The summed E-state index contributed by atoms with van der Waals surface area (Å²) in [5, 5.41) is 18.9. The molecule has 0 aliphatic carbocycles. The predicted octanol–water partition coefficient (Wildman–Crippen LogP) is 1.40. The van der Waals surface area contributed by atoms with Gasteiger partial charge in [-0.05, 0) is 15.9 Å². The van der Waals surface area contributed by atoms with Crippen molar-refractivity contribution in [3.8, 4) is 17.2 Å². The Bertz CT molecular complexity index is 491. The summed E-state index contributed by atoms with van der Waals surface area (Å²) in [4.78, 5) is 11.0. The van der Waals surface area contributed by atoms with Crippen LogP contribution < -0.4 is 15.2 Å². The van der Waals surface area contributed by atoms with Crippen LogP contribution in [0, 0.1) is 0 Å². The predicted molar refractivity (Wildman–Crippen MR) is 66.0 cm³/mol. The van der Waals surface area contributed by atoms with Gasteiger partial charge in [-0.1, -0.05) is 0 Å². The number of nitrogens with two attached hydrogens (primary N) is 1. The summed E-state index contributed by atoms with van der Waals surface area (Å²) in [6.07, 6.45) is 0.675. The third-order valence-electron chi connectivity index (χ3n) is 2.58. The van der Waals surface area contributed by atoms with Crippen LogP contribution in [-0.2, 0) is 4.79 Å². The van der Waals surface area contributed by atoms with Crippen molar-refractivity contribution >= 4 is 21.9 Å². The largest absolute Gasteiger partial charge is 0.506 e. The van der Waals surface area contributed by atoms with Crippen LogP contribution in [0.15, 0.2) is 10.5 Å². The van der Waals surface area contributed by atoms with E-state index in [1.165, 1.54) is 6.07 Å². The van der Waals surface area contributed by atoms with Crippen molar-refractivity contribution in [2.75, 3.05) is 13.2 Å². The van der Waals surface area contributed by atoms with Crippen molar-refractivity contribution in [1.82, 2.24) is 0 Å². The molecule has 0 amide bonds. The Morgan fingerprint density at radius 3 is 2.78 bits per heavy atom. The minimum atomic E-state index is -1.38. The summed E-state index contributed by atoms with van der Waals surface area (Å²) >= 11 is 3.13. The van der Waals surface area contributed by atoms with Crippen LogP contribution in [0.5, 0.6) is 17.2 Å². The van der Waals surface area contributed by atoms with Crippen LogP contribution in [0.25, 0.3) is 0 Å². The quantitative estimate of drug-likeness (QED) is 0.762. The zero-order valence-corrected chi connectivity index (χ0v) is 10.9. The first-order chi connectivity index (χ1) is 8.52. The standard InChI is InChI=1S/C11H12BrNO5/c12-5-4-6-10(18-3-1-2-17-6)7(9(5)14)8(13)11(15)16/h4,8,14H,1-3,13H2,(H,15,16). The summed E-state index contributed by atoms with van der Waals surface area (Å²) in [6.45, 7) is 0.847. The van der Waals surface area contributed by atoms with E-state index in [2.05, 4.69) is 15.9 Å². The first-order valence-corrected chi connectivity index (χ1v) is 6.11. The maximum atomic E-state index is 11.0. The molecule has 1 aliphatic rings. The number of rotatable bonds is 2. The number of hydrogen-bond donors (Lipinski definition) is 3. The molecule has 1 heterocycles. The minimum Gasteiger partial charge on any atom is -0.506 e. The second-order valence-electron chi connectivity index (χ2n) is 3.81. The smallest absolute Gasteiger partial charge is 0.325 e. The number of aliphatic carboxylic acids is 1. The van der Waals surface area contributed by atoms with Gasteiger partial charge in [-0.15, -0.1) is 0 Å². The zero-order chi connectivity index (χ0) is 13.3. The lowest BCUT2D eigenvalue weighted by molar-refractivity contribution is -0.138. The van der Waals surface area contributed by atoms with Crippen LogP contribution in [0.2, 0.25) is 0 Å². The highest BCUT2D eigenvalue weighted by Crippen LogP contribution is 2.45. The van der Waals surface area contributed by atoms with Gasteiger partial charge >= 0.3 is 5.97 Å². The number of carboxylic acid groups (broad SMARTS) is 1. The molecule has 0 radical (unpaired) electrons. The maximum Gasteiger partial charge on any atom is 0.325 e. The molecule has 0 bridgehead atoms. The van der Waals surface area contributed by atoms with Crippen molar-refractivity contribution < 1.29 is 24.5 Å². The van der Waals surface area contributed by atoms with E-state index in [-0.39, 0.29) is 17.1 Å². The number of halogens is 1. The Labute approximate surface area is 111 Å². The fraction of sp³-hybridized carbons (Fsp3) is 0.364. The molecule has 1 aromatic carbocycles. The van der Waals surface area contributed by atoms with Gasteiger partial charge in [0.05, 0.1) is 23.2 Å². The maximum absolute atomic E-state index is 11.0. The number of benzene rings is 1. The van der Waals surface area contributed by atoms with Crippen molar-refractivity contribution in [2.45, 2.75) is 12.5 Å². The summed E-state index contributed by atoms with van der Waals surface area (Å²) in [5.41, 5.74) is 5.59. The highest BCUT2D eigenvalue weighted by atomic mass is 79.9. The van der Waals surface area contributed by atoms with Gasteiger partial charge in [0.2, 0.25) is 0 Å². The fourth-order valence-electron chi connectivity index (χ4n) is 1.70. The molecule has 0 aromatic heterocycles. The van der Waals surface area contributed by atoms with Gasteiger partial charge in [-0.2, -0.15) is 0 Å². The molecular weight excluding hydrogens is 306 g/mol. The van der Waals surface area contributed by atoms with Crippen molar-refractivity contribution in [3.63, 3.8) is 0 Å². The van der Waals surface area contributed by atoms with Gasteiger partial charge in [0, 0.05) is 12.5 Å². The van der Waals surface area contributed by atoms with Gasteiger partial charge in [-0.25, -0.2) is 0 Å². The summed E-state index contributed by atoms with van der Waals surface area (Å²) in [5.74, 6) is -0.917. The fourth-order valence-corrected chi connectivity index (χ4v) is 2.12. The Morgan fingerprint density at radius 2 is 2.11 bits per heavy atom. The van der Waals surface area contributed by atoms with Crippen LogP contribution in [0.4, 0.5) is 0 Å². The molecular formula is C11H12BrNO5. The number of carbonyl (C=O) groups is 1. The second-order valence-corrected chi connectivity index (χ2v) is 4.67. The van der Waals surface area contributed by atoms with Gasteiger partial charge < -0.3 is 25.4 Å². The molecule has 4 N–H and O–H groups in total. The van der Waals surface area contributed by atoms with Crippen molar-refractivity contribution in [1.29, 1.82) is 0 Å². The van der Waals surface area contributed by atoms with E-state index in [9.17, 15) is 9.90 Å². The number of aromatic hydroxyl groups is 1. The molecule has 1 atom stereocenters. The molecule has 0 saturated heterocycles. The molecule has 0 fully saturated rings. The Hall–Kier alpha value is -1.47. The van der Waals surface area contributed by atoms with E-state index in [0.29, 0.717) is 29.9 Å². The van der Waals surface area contributed by atoms with Crippen LogP contribution in [0.1, 0.15) is 18.0 Å². The van der Waals surface area contributed by atoms with Crippen LogP contribution >= 0.6 is 15.9 Å². The Morgan fingerprint density at radius 1 is 1.44 bits per heavy atom. The van der Waals surface area contributed by atoms with Gasteiger partial charge in [0.1, 0.15) is 11.8 Å². The minimum absolute atomic E-state index is 0.0220. The molecule has 2 rings (SSSR count). The molecule has 1 aromatic rings. The normalized spacial score (nSPS) is 15.9. The van der Waals surface area contributed by atoms with Crippen LogP contribution in [0.3, 0.4) is 0 Å². The zero-order valence-electron chi connectivity index (χ0n) is 9.35. The number of fused-ring (bicyclic) bond motifs is 1. The molecule has 0 saturated carbocycles. The average molecular weight is 318 g/mol. The molecule has 18 heavy (non-hydrogen) atoms. The van der Waals surface area contributed by atoms with E-state index >= 15 is 0 Å². The highest BCUT2D eigenvalue weighted by molar-refractivity contribution is 9.10. The summed E-state index contributed by atoms with van der Waals surface area (Å²) in [6, 6.07) is 0.159. The molecule has 1 aliphatic heterocycles. The number of ether oxygens (including phenoxy) is 2. The summed E-state index contributed by atoms with van der Waals surface area (Å²) in [7, 11) is 0. The Balaban J connectivity index is 2.61. The van der Waals surface area contributed by atoms with Crippen molar-refractivity contribution in [2.24, 2.45) is 5.73 Å². The SMILES string of the molecule is NC(C(=O)O)c1c(O)c(Br)cc2c1OCCCO2. The monoisotopic (exact) mass is 317 g/mol. The van der Waals surface area contributed by atoms with Gasteiger partial charge in [0.15, 0.2) is 11.5 Å². The third kappa shape index (κ3) is 2.23. The molecule has 1 unspecified atom stereocenters. The van der Waals surface area contributed by atoms with Gasteiger partial charge in [-0.3, -0.25) is 4.79 Å². The van der Waals surface area contributed by atoms with Crippen LogP contribution in [-0.4, -0.2) is 29.4 Å². The molecule has 7 heteroatoms. The van der Waals surface area contributed by atoms with Gasteiger partial charge in [0.25, 0.3) is 0 Å². The molecule has 98 valence electrons. The first-order valence-electron chi connectivity index (χ1n) is 5.31. The number of phenols is 1. The average Bonchev–Trinajstić information content (AvgIpc) is 2.55. The highest BCUT2D eigenvalue weighted by Gasteiger charge is 2.29. The molecule has 6 nitrogen and oxygen atoms in total. The first kappa shape index (κ1) is 13.0. The van der Waals surface area contributed by atoms with E-state index in [0.717, 1.165) is 0 Å². The van der Waals surface area contributed by atoms with Crippen molar-refractivity contribution in [3.05, 3.63) is 16.1 Å². The van der Waals surface area contributed by atoms with E-state index < -0.39 is 12.0 Å². The Kier molecular flexibility index (Phi) is 3.63. The lowest BCUT2D eigenvalue weighted by Crippen LogP contribution is -2.22. The topological polar surface area (TPSA) is 102 Å². The second kappa shape index (κ2) is 5.03.